The number of carbonyl (C=O) groups excluding carboxylic acids is 2. The third-order valence-electron chi connectivity index (χ3n) is 5.89. The van der Waals surface area contributed by atoms with Crippen LogP contribution >= 0.6 is 11.3 Å². The third-order valence-corrected chi connectivity index (χ3v) is 7.16. The number of likely N-dealkylation sites (tertiary alicyclic amines) is 1. The number of benzene rings is 1. The zero-order chi connectivity index (χ0) is 20.5. The Morgan fingerprint density at radius 2 is 1.97 bits per heavy atom. The van der Waals surface area contributed by atoms with Crippen LogP contribution in [0.1, 0.15) is 52.7 Å². The maximum Gasteiger partial charge on any atom is 0.416 e. The van der Waals surface area contributed by atoms with Crippen LogP contribution in [0.5, 0.6) is 0 Å². The van der Waals surface area contributed by atoms with Gasteiger partial charge in [0.2, 0.25) is 5.91 Å². The summed E-state index contributed by atoms with van der Waals surface area (Å²) < 4.78 is 39.6. The summed E-state index contributed by atoms with van der Waals surface area (Å²) >= 11 is 1.27. The molecule has 2 aromatic rings. The number of alkyl halides is 3. The van der Waals surface area contributed by atoms with Gasteiger partial charge in [0, 0.05) is 12.0 Å². The number of hydrogen-bond donors (Lipinski definition) is 1. The van der Waals surface area contributed by atoms with Crippen molar-refractivity contribution in [2.75, 3.05) is 0 Å². The second-order valence-electron chi connectivity index (χ2n) is 8.01. The van der Waals surface area contributed by atoms with E-state index in [2.05, 4.69) is 4.98 Å². The van der Waals surface area contributed by atoms with Crippen molar-refractivity contribution in [2.45, 2.75) is 49.9 Å². The number of fused-ring (bicyclic) bond motifs is 1. The summed E-state index contributed by atoms with van der Waals surface area (Å²) in [6.07, 6.45) is -1.18. The normalized spacial score (nSPS) is 25.8. The molecule has 2 N–H and O–H groups in total. The lowest BCUT2D eigenvalue weighted by Gasteiger charge is -2.24. The van der Waals surface area contributed by atoms with E-state index in [1.54, 1.807) is 6.07 Å². The van der Waals surface area contributed by atoms with Crippen LogP contribution in [-0.4, -0.2) is 33.8 Å². The number of nitrogens with two attached hydrogens (primary N) is 1. The summed E-state index contributed by atoms with van der Waals surface area (Å²) in [5.74, 6) is -0.432. The maximum absolute atomic E-state index is 13.4. The molecule has 1 saturated heterocycles. The lowest BCUT2D eigenvalue weighted by molar-refractivity contribution is -0.137. The molecule has 5 nitrogen and oxygen atoms in total. The molecule has 1 aliphatic heterocycles. The van der Waals surface area contributed by atoms with Gasteiger partial charge < -0.3 is 10.6 Å². The van der Waals surface area contributed by atoms with Crippen LogP contribution in [0.25, 0.3) is 10.4 Å². The number of primary amides is 1. The molecule has 3 aliphatic rings. The largest absolute Gasteiger partial charge is 0.416 e. The first-order valence-electron chi connectivity index (χ1n) is 9.54. The number of amides is 2. The van der Waals surface area contributed by atoms with E-state index >= 15 is 0 Å². The fourth-order valence-corrected chi connectivity index (χ4v) is 5.37. The minimum atomic E-state index is -4.47. The number of nitrogens with zero attached hydrogens (tertiary/aromatic N) is 2. The van der Waals surface area contributed by atoms with Crippen molar-refractivity contribution in [1.29, 1.82) is 0 Å². The number of carbonyl (C=O) groups is 2. The van der Waals surface area contributed by atoms with Crippen molar-refractivity contribution >= 4 is 23.2 Å². The Morgan fingerprint density at radius 1 is 1.21 bits per heavy atom. The van der Waals surface area contributed by atoms with E-state index in [0.717, 1.165) is 36.4 Å². The number of rotatable bonds is 4. The summed E-state index contributed by atoms with van der Waals surface area (Å²) in [4.78, 5) is 31.7. The minimum Gasteiger partial charge on any atom is -0.368 e. The van der Waals surface area contributed by atoms with Crippen LogP contribution in [0.2, 0.25) is 0 Å². The first-order valence-corrected chi connectivity index (χ1v) is 10.4. The molecule has 0 spiro atoms. The summed E-state index contributed by atoms with van der Waals surface area (Å²) in [5.41, 5.74) is 5.17. The molecule has 9 heteroatoms. The van der Waals surface area contributed by atoms with E-state index in [1.807, 2.05) is 0 Å². The van der Waals surface area contributed by atoms with E-state index < -0.39 is 29.6 Å². The topological polar surface area (TPSA) is 76.3 Å². The SMILES string of the molecule is NC(=O)[C@@H]1C[C@H]2C[C@@H]2N1C(=O)c1nc(C2CC2)sc1-c1cccc(C(F)(F)F)c1. The average Bonchev–Trinajstić information content (AvgIpc) is 3.59. The lowest BCUT2D eigenvalue weighted by atomic mass is 10.1. The monoisotopic (exact) mass is 421 g/mol. The number of halogens is 3. The molecule has 29 heavy (non-hydrogen) atoms. The van der Waals surface area contributed by atoms with Gasteiger partial charge >= 0.3 is 6.18 Å². The molecule has 2 amide bonds. The fraction of sp³-hybridized carbons (Fsp3) is 0.450. The molecule has 3 fully saturated rings. The van der Waals surface area contributed by atoms with Crippen molar-refractivity contribution in [3.8, 4) is 10.4 Å². The molecule has 2 saturated carbocycles. The van der Waals surface area contributed by atoms with Gasteiger partial charge in [-0.2, -0.15) is 13.2 Å². The molecule has 0 bridgehead atoms. The highest BCUT2D eigenvalue weighted by atomic mass is 32.1. The van der Waals surface area contributed by atoms with Gasteiger partial charge in [-0.05, 0) is 49.3 Å². The van der Waals surface area contributed by atoms with E-state index in [0.29, 0.717) is 16.9 Å². The van der Waals surface area contributed by atoms with Gasteiger partial charge in [0.15, 0.2) is 0 Å². The Balaban J connectivity index is 1.57. The van der Waals surface area contributed by atoms with Crippen molar-refractivity contribution in [2.24, 2.45) is 11.7 Å². The zero-order valence-corrected chi connectivity index (χ0v) is 16.1. The molecule has 152 valence electrons. The smallest absolute Gasteiger partial charge is 0.368 e. The Labute approximate surface area is 168 Å². The van der Waals surface area contributed by atoms with E-state index in [4.69, 9.17) is 5.73 Å². The highest BCUT2D eigenvalue weighted by Gasteiger charge is 2.56. The molecule has 2 aliphatic carbocycles. The lowest BCUT2D eigenvalue weighted by Crippen LogP contribution is -2.46. The Kier molecular flexibility index (Phi) is 4.03. The fourth-order valence-electron chi connectivity index (χ4n) is 4.14. The van der Waals surface area contributed by atoms with E-state index in [-0.39, 0.29) is 23.6 Å². The first kappa shape index (κ1) is 18.6. The van der Waals surface area contributed by atoms with E-state index in [9.17, 15) is 22.8 Å². The zero-order valence-electron chi connectivity index (χ0n) is 15.3. The predicted molar refractivity (Wildman–Crippen MR) is 100 cm³/mol. The molecule has 3 atom stereocenters. The Morgan fingerprint density at radius 3 is 2.62 bits per heavy atom. The highest BCUT2D eigenvalue weighted by molar-refractivity contribution is 7.15. The van der Waals surface area contributed by atoms with Crippen LogP contribution in [-0.2, 0) is 11.0 Å². The molecule has 5 rings (SSSR count). The third kappa shape index (κ3) is 3.21. The minimum absolute atomic E-state index is 0.0274. The van der Waals surface area contributed by atoms with Crippen molar-refractivity contribution in [3.05, 3.63) is 40.5 Å². The van der Waals surface area contributed by atoms with Gasteiger partial charge in [-0.3, -0.25) is 9.59 Å². The van der Waals surface area contributed by atoms with Gasteiger partial charge in [0.25, 0.3) is 5.91 Å². The van der Waals surface area contributed by atoms with Crippen LogP contribution in [0, 0.1) is 5.92 Å². The summed E-state index contributed by atoms with van der Waals surface area (Å²) in [6.45, 7) is 0. The van der Waals surface area contributed by atoms with Crippen LogP contribution < -0.4 is 5.73 Å². The van der Waals surface area contributed by atoms with Crippen molar-refractivity contribution in [1.82, 2.24) is 9.88 Å². The van der Waals surface area contributed by atoms with Gasteiger partial charge in [-0.1, -0.05) is 12.1 Å². The van der Waals surface area contributed by atoms with Crippen LogP contribution in [0.4, 0.5) is 13.2 Å². The summed E-state index contributed by atoms with van der Waals surface area (Å²) in [5, 5.41) is 0.767. The number of thiazole rings is 1. The molecular formula is C20H18F3N3O2S. The summed E-state index contributed by atoms with van der Waals surface area (Å²) in [6, 6.07) is 4.25. The molecule has 0 unspecified atom stereocenters. The molecule has 1 aromatic heterocycles. The van der Waals surface area contributed by atoms with Crippen molar-refractivity contribution < 1.29 is 22.8 Å². The quantitative estimate of drug-likeness (QED) is 0.816. The predicted octanol–water partition coefficient (Wildman–Crippen LogP) is 3.79. The molecule has 0 radical (unpaired) electrons. The summed E-state index contributed by atoms with van der Waals surface area (Å²) in [7, 11) is 0. The Hall–Kier alpha value is -2.42. The maximum atomic E-state index is 13.4. The van der Waals surface area contributed by atoms with Crippen LogP contribution in [0.15, 0.2) is 24.3 Å². The van der Waals surface area contributed by atoms with Gasteiger partial charge in [0.05, 0.1) is 15.4 Å². The number of aromatic nitrogens is 1. The number of piperidine rings is 1. The molecular weight excluding hydrogens is 403 g/mol. The van der Waals surface area contributed by atoms with Crippen LogP contribution in [0.3, 0.4) is 0 Å². The highest BCUT2D eigenvalue weighted by Crippen LogP contribution is 2.50. The number of hydrogen-bond acceptors (Lipinski definition) is 4. The Bertz CT molecular complexity index is 1010. The van der Waals surface area contributed by atoms with E-state index in [1.165, 1.54) is 22.3 Å². The first-order chi connectivity index (χ1) is 13.7. The molecule has 1 aromatic carbocycles. The second kappa shape index (κ2) is 6.29. The van der Waals surface area contributed by atoms with Gasteiger partial charge in [-0.15, -0.1) is 11.3 Å². The standard InChI is InChI=1S/C20H18F3N3O2S/c21-20(22,23)12-3-1-2-10(6-12)16-15(25-18(29-16)9-4-5-9)19(28)26-13-7-11(13)8-14(26)17(24)27/h1-3,6,9,11,13-14H,4-5,7-8H2,(H2,24,27)/t11-,13+,14+/m1/s1. The average molecular weight is 421 g/mol. The van der Waals surface area contributed by atoms with Gasteiger partial charge in [-0.25, -0.2) is 4.98 Å². The van der Waals surface area contributed by atoms with Gasteiger partial charge in [0.1, 0.15) is 11.7 Å². The second-order valence-corrected chi connectivity index (χ2v) is 9.04. The van der Waals surface area contributed by atoms with Crippen molar-refractivity contribution in [3.63, 3.8) is 0 Å². The molecule has 2 heterocycles.